The topological polar surface area (TPSA) is 58.9 Å². The molecule has 0 fully saturated rings. The van der Waals surface area contributed by atoms with Crippen molar-refractivity contribution in [1.82, 2.24) is 0 Å². The van der Waals surface area contributed by atoms with E-state index in [1.165, 1.54) is 24.3 Å². The first kappa shape index (κ1) is 15.9. The molecule has 0 spiro atoms. The van der Waals surface area contributed by atoms with Gasteiger partial charge in [-0.3, -0.25) is 0 Å². The van der Waals surface area contributed by atoms with E-state index in [-0.39, 0.29) is 11.5 Å². The number of aromatic hydroxyl groups is 1. The first-order valence-electron chi connectivity index (χ1n) is 5.63. The molecule has 0 unspecified atom stereocenters. The number of hydrogen-bond donors (Lipinski definition) is 2. The summed E-state index contributed by atoms with van der Waals surface area (Å²) >= 11 is 0. The van der Waals surface area contributed by atoms with Crippen molar-refractivity contribution in [3.05, 3.63) is 53.4 Å². The van der Waals surface area contributed by atoms with Crippen LogP contribution >= 0.6 is 0 Å². The van der Waals surface area contributed by atoms with Gasteiger partial charge >= 0.3 is 7.32 Å². The van der Waals surface area contributed by atoms with E-state index in [1.54, 1.807) is 0 Å². The van der Waals surface area contributed by atoms with Crippen molar-refractivity contribution in [2.75, 3.05) is 0 Å². The number of benzene rings is 2. The first-order chi connectivity index (χ1) is 10.3. The fourth-order valence-electron chi connectivity index (χ4n) is 1.45. The Labute approximate surface area is 120 Å². The van der Waals surface area contributed by atoms with E-state index < -0.39 is 42.2 Å². The van der Waals surface area contributed by atoms with Crippen molar-refractivity contribution < 1.29 is 41.4 Å². The standard InChI is InChI=1S/C12H6BF5O4/c14-7-8(15)10(17)12(11(18)9(7)16)22-13(20)21-6-3-1-5(19)2-4-6/h1-4,19-20H. The lowest BCUT2D eigenvalue weighted by atomic mass is 10.2. The van der Waals surface area contributed by atoms with Crippen LogP contribution in [0.1, 0.15) is 0 Å². The minimum Gasteiger partial charge on any atom is -0.508 e. The maximum absolute atomic E-state index is 13.3. The normalized spacial score (nSPS) is 10.5. The summed E-state index contributed by atoms with van der Waals surface area (Å²) in [6.07, 6.45) is 0. The first-order valence-corrected chi connectivity index (χ1v) is 5.63. The average molecular weight is 320 g/mol. The van der Waals surface area contributed by atoms with Crippen LogP contribution < -0.4 is 9.31 Å². The van der Waals surface area contributed by atoms with Crippen molar-refractivity contribution in [2.45, 2.75) is 0 Å². The number of hydrogen-bond acceptors (Lipinski definition) is 4. The average Bonchev–Trinajstić information content (AvgIpc) is 2.50. The van der Waals surface area contributed by atoms with Crippen LogP contribution in [0.15, 0.2) is 24.3 Å². The lowest BCUT2D eigenvalue weighted by Crippen LogP contribution is -2.31. The van der Waals surface area contributed by atoms with Gasteiger partial charge in [0.1, 0.15) is 11.5 Å². The lowest BCUT2D eigenvalue weighted by molar-refractivity contribution is 0.270. The second-order valence-electron chi connectivity index (χ2n) is 3.94. The molecule has 0 bridgehead atoms. The third-order valence-corrected chi connectivity index (χ3v) is 2.46. The molecule has 0 atom stereocenters. The van der Waals surface area contributed by atoms with Gasteiger partial charge in [-0.15, -0.1) is 0 Å². The lowest BCUT2D eigenvalue weighted by Gasteiger charge is -2.13. The zero-order valence-electron chi connectivity index (χ0n) is 10.5. The molecule has 2 N–H and O–H groups in total. The van der Waals surface area contributed by atoms with Crippen LogP contribution in [-0.4, -0.2) is 17.5 Å². The summed E-state index contributed by atoms with van der Waals surface area (Å²) in [6.45, 7) is 0. The molecule has 0 amide bonds. The van der Waals surface area contributed by atoms with E-state index in [0.29, 0.717) is 0 Å². The Morgan fingerprint density at radius 2 is 1.18 bits per heavy atom. The molecule has 10 heteroatoms. The monoisotopic (exact) mass is 320 g/mol. The Kier molecular flexibility index (Phi) is 4.41. The molecule has 0 aliphatic carbocycles. The third kappa shape index (κ3) is 3.06. The Balaban J connectivity index is 2.21. The van der Waals surface area contributed by atoms with Gasteiger partial charge in [-0.1, -0.05) is 0 Å². The Hall–Kier alpha value is -2.49. The van der Waals surface area contributed by atoms with Gasteiger partial charge in [0.25, 0.3) is 0 Å². The van der Waals surface area contributed by atoms with Crippen molar-refractivity contribution in [3.8, 4) is 17.2 Å². The van der Waals surface area contributed by atoms with E-state index in [4.69, 9.17) is 5.11 Å². The van der Waals surface area contributed by atoms with Gasteiger partial charge in [-0.2, -0.15) is 8.78 Å². The summed E-state index contributed by atoms with van der Waals surface area (Å²) in [6, 6.07) is 4.67. The van der Waals surface area contributed by atoms with E-state index in [2.05, 4.69) is 9.31 Å². The highest BCUT2D eigenvalue weighted by Gasteiger charge is 2.32. The van der Waals surface area contributed by atoms with Crippen LogP contribution in [0, 0.1) is 29.1 Å². The third-order valence-electron chi connectivity index (χ3n) is 2.46. The van der Waals surface area contributed by atoms with Gasteiger partial charge in [0.2, 0.25) is 29.1 Å². The molecular formula is C12H6BF5O4. The minimum atomic E-state index is -2.35. The fourth-order valence-corrected chi connectivity index (χ4v) is 1.45. The molecule has 0 saturated carbocycles. The van der Waals surface area contributed by atoms with E-state index in [0.717, 1.165) is 0 Å². The molecule has 4 nitrogen and oxygen atoms in total. The fraction of sp³-hybridized carbons (Fsp3) is 0. The van der Waals surface area contributed by atoms with Crippen LogP contribution in [-0.2, 0) is 0 Å². The van der Waals surface area contributed by atoms with Gasteiger partial charge in [0.15, 0.2) is 5.75 Å². The van der Waals surface area contributed by atoms with Crippen molar-refractivity contribution >= 4 is 7.32 Å². The second-order valence-corrected chi connectivity index (χ2v) is 3.94. The molecule has 2 aromatic carbocycles. The summed E-state index contributed by atoms with van der Waals surface area (Å²) in [4.78, 5) is 0. The quantitative estimate of drug-likeness (QED) is 0.393. The summed E-state index contributed by atoms with van der Waals surface area (Å²) < 4.78 is 74.1. The Morgan fingerprint density at radius 1 is 0.727 bits per heavy atom. The molecule has 0 aliphatic heterocycles. The van der Waals surface area contributed by atoms with Crippen LogP contribution in [0.3, 0.4) is 0 Å². The minimum absolute atomic E-state index is 0.0887. The van der Waals surface area contributed by atoms with Crippen LogP contribution in [0.2, 0.25) is 0 Å². The number of rotatable bonds is 4. The highest BCUT2D eigenvalue weighted by atomic mass is 19.2. The summed E-state index contributed by atoms with van der Waals surface area (Å²) in [5.74, 6) is -13.2. The second kappa shape index (κ2) is 6.10. The summed E-state index contributed by atoms with van der Waals surface area (Å²) in [5.41, 5.74) is 0. The Morgan fingerprint density at radius 3 is 1.68 bits per heavy atom. The van der Waals surface area contributed by atoms with Crippen LogP contribution in [0.5, 0.6) is 17.2 Å². The molecule has 2 aromatic rings. The maximum Gasteiger partial charge on any atom is 0.785 e. The molecule has 2 rings (SSSR count). The van der Waals surface area contributed by atoms with Gasteiger partial charge in [0, 0.05) is 0 Å². The van der Waals surface area contributed by atoms with E-state index >= 15 is 0 Å². The molecule has 22 heavy (non-hydrogen) atoms. The van der Waals surface area contributed by atoms with Crippen molar-refractivity contribution in [3.63, 3.8) is 0 Å². The predicted molar refractivity (Wildman–Crippen MR) is 63.6 cm³/mol. The molecule has 0 aromatic heterocycles. The zero-order valence-corrected chi connectivity index (χ0v) is 10.5. The molecule has 116 valence electrons. The molecule has 0 heterocycles. The van der Waals surface area contributed by atoms with Crippen molar-refractivity contribution in [1.29, 1.82) is 0 Å². The SMILES string of the molecule is OB(Oc1ccc(O)cc1)Oc1c(F)c(F)c(F)c(F)c1F. The maximum atomic E-state index is 13.3. The molecule has 0 saturated heterocycles. The highest BCUT2D eigenvalue weighted by molar-refractivity contribution is 6.36. The highest BCUT2D eigenvalue weighted by Crippen LogP contribution is 2.29. The van der Waals surface area contributed by atoms with Gasteiger partial charge in [-0.25, -0.2) is 13.2 Å². The number of phenolic OH excluding ortho intramolecular Hbond substituents is 1. The van der Waals surface area contributed by atoms with E-state index in [9.17, 15) is 27.0 Å². The number of halogens is 5. The Bertz CT molecular complexity index is 666. The molecular weight excluding hydrogens is 314 g/mol. The molecule has 0 aliphatic rings. The number of phenols is 1. The predicted octanol–water partition coefficient (Wildman–Crippen LogP) is 2.52. The van der Waals surface area contributed by atoms with Crippen molar-refractivity contribution in [2.24, 2.45) is 0 Å². The van der Waals surface area contributed by atoms with E-state index in [1.807, 2.05) is 0 Å². The molecule has 0 radical (unpaired) electrons. The zero-order chi connectivity index (χ0) is 16.4. The van der Waals surface area contributed by atoms with Gasteiger partial charge < -0.3 is 19.4 Å². The summed E-state index contributed by atoms with van der Waals surface area (Å²) in [5, 5.41) is 18.4. The van der Waals surface area contributed by atoms with Crippen LogP contribution in [0.25, 0.3) is 0 Å². The van der Waals surface area contributed by atoms with Gasteiger partial charge in [0.05, 0.1) is 0 Å². The van der Waals surface area contributed by atoms with Crippen LogP contribution in [0.4, 0.5) is 22.0 Å². The summed E-state index contributed by atoms with van der Waals surface area (Å²) in [7, 11) is -2.35. The smallest absolute Gasteiger partial charge is 0.508 e. The van der Waals surface area contributed by atoms with Gasteiger partial charge in [-0.05, 0) is 24.3 Å². The largest absolute Gasteiger partial charge is 0.785 e.